The monoisotopic (exact) mass is 255 g/mol. The minimum absolute atomic E-state index is 0.297. The van der Waals surface area contributed by atoms with E-state index in [0.717, 1.165) is 25.2 Å². The second kappa shape index (κ2) is 5.29. The van der Waals surface area contributed by atoms with Crippen LogP contribution >= 0.6 is 11.6 Å². The van der Waals surface area contributed by atoms with Crippen molar-refractivity contribution in [2.45, 2.75) is 13.3 Å². The summed E-state index contributed by atoms with van der Waals surface area (Å²) in [5.74, 6) is 0.757. The molecule has 1 aliphatic rings. The van der Waals surface area contributed by atoms with Crippen molar-refractivity contribution in [1.29, 1.82) is 0 Å². The first-order valence-corrected chi connectivity index (χ1v) is 5.76. The standard InChI is InChI=1S/C10H14ClN5O/c1-6-15-10(16-17-6)9(12)8(11)7-5-13-3-2-4-14-7/h13H,2-5,12H2,1H3/b9-8+. The van der Waals surface area contributed by atoms with Crippen LogP contribution in [-0.4, -0.2) is 35.5 Å². The van der Waals surface area contributed by atoms with E-state index in [-0.39, 0.29) is 0 Å². The lowest BCUT2D eigenvalue weighted by atomic mass is 10.2. The lowest BCUT2D eigenvalue weighted by Crippen LogP contribution is -2.23. The van der Waals surface area contributed by atoms with Crippen LogP contribution in [0, 0.1) is 6.92 Å². The highest BCUT2D eigenvalue weighted by Crippen LogP contribution is 2.16. The highest BCUT2D eigenvalue weighted by molar-refractivity contribution is 6.46. The van der Waals surface area contributed by atoms with Crippen molar-refractivity contribution >= 4 is 23.0 Å². The minimum atomic E-state index is 0.297. The van der Waals surface area contributed by atoms with Crippen LogP contribution in [0.25, 0.3) is 5.70 Å². The van der Waals surface area contributed by atoms with Crippen LogP contribution in [0.4, 0.5) is 0 Å². The molecule has 0 bridgehead atoms. The van der Waals surface area contributed by atoms with Crippen molar-refractivity contribution in [3.8, 4) is 0 Å². The van der Waals surface area contributed by atoms with Gasteiger partial charge >= 0.3 is 0 Å². The lowest BCUT2D eigenvalue weighted by molar-refractivity contribution is 0.391. The van der Waals surface area contributed by atoms with Crippen molar-refractivity contribution < 1.29 is 4.52 Å². The van der Waals surface area contributed by atoms with E-state index in [1.54, 1.807) is 6.92 Å². The predicted molar refractivity (Wildman–Crippen MR) is 65.8 cm³/mol. The maximum Gasteiger partial charge on any atom is 0.223 e. The van der Waals surface area contributed by atoms with Crippen LogP contribution in [0.15, 0.2) is 14.5 Å². The van der Waals surface area contributed by atoms with Gasteiger partial charge in [0.15, 0.2) is 0 Å². The molecule has 0 spiro atoms. The van der Waals surface area contributed by atoms with Crippen molar-refractivity contribution in [3.63, 3.8) is 0 Å². The molecule has 1 aromatic rings. The number of aromatic nitrogens is 2. The third-order valence-corrected chi connectivity index (χ3v) is 2.79. The summed E-state index contributed by atoms with van der Waals surface area (Å²) < 4.78 is 4.86. The Hall–Kier alpha value is -1.40. The number of hydrogen-bond acceptors (Lipinski definition) is 6. The summed E-state index contributed by atoms with van der Waals surface area (Å²) in [6.45, 7) is 3.98. The van der Waals surface area contributed by atoms with Gasteiger partial charge in [-0.1, -0.05) is 16.8 Å². The van der Waals surface area contributed by atoms with Crippen molar-refractivity contribution in [2.24, 2.45) is 10.7 Å². The van der Waals surface area contributed by atoms with Crippen LogP contribution in [0.3, 0.4) is 0 Å². The van der Waals surface area contributed by atoms with Crippen molar-refractivity contribution in [3.05, 3.63) is 16.7 Å². The van der Waals surface area contributed by atoms with Gasteiger partial charge in [0.05, 0.1) is 10.7 Å². The maximum atomic E-state index is 6.19. The van der Waals surface area contributed by atoms with Gasteiger partial charge in [-0.2, -0.15) is 4.98 Å². The van der Waals surface area contributed by atoms with E-state index in [1.807, 2.05) is 0 Å². The number of nitrogens with zero attached hydrogens (tertiary/aromatic N) is 3. The molecule has 2 rings (SSSR count). The summed E-state index contributed by atoms with van der Waals surface area (Å²) in [6.07, 6.45) is 0.995. The first-order valence-electron chi connectivity index (χ1n) is 5.39. The van der Waals surface area contributed by atoms with Gasteiger partial charge < -0.3 is 15.6 Å². The number of halogens is 1. The summed E-state index contributed by atoms with van der Waals surface area (Å²) in [5.41, 5.74) is 6.92. The largest absolute Gasteiger partial charge is 0.394 e. The lowest BCUT2D eigenvalue weighted by Gasteiger charge is -2.05. The summed E-state index contributed by atoms with van der Waals surface area (Å²) in [7, 11) is 0. The predicted octanol–water partition coefficient (Wildman–Crippen LogP) is 0.678. The molecular formula is C10H14ClN5O. The molecule has 1 aromatic heterocycles. The van der Waals surface area contributed by atoms with Crippen molar-refractivity contribution in [2.75, 3.05) is 19.6 Å². The number of rotatable bonds is 2. The SMILES string of the molecule is Cc1nc(/C(N)=C(\Cl)C2=NCCCNC2)no1. The van der Waals surface area contributed by atoms with Crippen LogP contribution in [0.1, 0.15) is 18.1 Å². The molecule has 0 saturated carbocycles. The van der Waals surface area contributed by atoms with Crippen molar-refractivity contribution in [1.82, 2.24) is 15.5 Å². The topological polar surface area (TPSA) is 89.3 Å². The first kappa shape index (κ1) is 12.1. The van der Waals surface area contributed by atoms with E-state index < -0.39 is 0 Å². The molecule has 2 heterocycles. The Morgan fingerprint density at radius 3 is 3.06 bits per heavy atom. The second-order valence-electron chi connectivity index (χ2n) is 3.72. The summed E-state index contributed by atoms with van der Waals surface area (Å²) in [6, 6.07) is 0. The number of aryl methyl sites for hydroxylation is 1. The number of hydrogen-bond donors (Lipinski definition) is 2. The van der Waals surface area contributed by atoms with Gasteiger partial charge in [0.2, 0.25) is 11.7 Å². The first-order chi connectivity index (χ1) is 8.18. The fraction of sp³-hybridized carbons (Fsp3) is 0.500. The number of nitrogens with one attached hydrogen (secondary N) is 1. The molecule has 0 atom stereocenters. The molecule has 6 nitrogen and oxygen atoms in total. The van der Waals surface area contributed by atoms with Gasteiger partial charge in [-0.15, -0.1) is 0 Å². The van der Waals surface area contributed by atoms with E-state index >= 15 is 0 Å². The van der Waals surface area contributed by atoms with Gasteiger partial charge in [0, 0.05) is 20.0 Å². The van der Waals surface area contributed by atoms with E-state index in [9.17, 15) is 0 Å². The van der Waals surface area contributed by atoms with E-state index in [4.69, 9.17) is 21.9 Å². The zero-order valence-corrected chi connectivity index (χ0v) is 10.3. The van der Waals surface area contributed by atoms with Gasteiger partial charge in [-0.05, 0) is 13.0 Å². The highest BCUT2D eigenvalue weighted by Gasteiger charge is 2.15. The molecular weight excluding hydrogens is 242 g/mol. The Labute approximate surface area is 104 Å². The molecule has 0 aliphatic carbocycles. The summed E-state index contributed by atoms with van der Waals surface area (Å²) >= 11 is 6.19. The van der Waals surface area contributed by atoms with Crippen LogP contribution < -0.4 is 11.1 Å². The molecule has 0 fully saturated rings. The van der Waals surface area contributed by atoms with Gasteiger partial charge in [0.1, 0.15) is 5.70 Å². The average molecular weight is 256 g/mol. The van der Waals surface area contributed by atoms with Crippen LogP contribution in [-0.2, 0) is 0 Å². The molecule has 0 saturated heterocycles. The molecule has 0 aromatic carbocycles. The van der Waals surface area contributed by atoms with E-state index in [0.29, 0.717) is 29.0 Å². The molecule has 0 unspecified atom stereocenters. The van der Waals surface area contributed by atoms with Crippen LogP contribution in [0.5, 0.6) is 0 Å². The Bertz CT molecular complexity index is 465. The zero-order chi connectivity index (χ0) is 12.3. The Morgan fingerprint density at radius 2 is 2.35 bits per heavy atom. The van der Waals surface area contributed by atoms with E-state index in [2.05, 4.69) is 20.4 Å². The molecule has 1 aliphatic heterocycles. The Kier molecular flexibility index (Phi) is 3.75. The average Bonchev–Trinajstić information content (AvgIpc) is 2.60. The number of aliphatic imine (C=N–C) groups is 1. The Balaban J connectivity index is 2.27. The molecule has 92 valence electrons. The molecule has 0 radical (unpaired) electrons. The zero-order valence-electron chi connectivity index (χ0n) is 9.53. The summed E-state index contributed by atoms with van der Waals surface area (Å²) in [4.78, 5) is 8.40. The molecule has 17 heavy (non-hydrogen) atoms. The van der Waals surface area contributed by atoms with Gasteiger partial charge in [-0.3, -0.25) is 4.99 Å². The third kappa shape index (κ3) is 2.83. The Morgan fingerprint density at radius 1 is 1.53 bits per heavy atom. The van der Waals surface area contributed by atoms with E-state index in [1.165, 1.54) is 0 Å². The normalized spacial score (nSPS) is 18.4. The fourth-order valence-electron chi connectivity index (χ4n) is 1.49. The van der Waals surface area contributed by atoms with Gasteiger partial charge in [0.25, 0.3) is 0 Å². The summed E-state index contributed by atoms with van der Waals surface area (Å²) in [5, 5.41) is 7.34. The molecule has 7 heteroatoms. The fourth-order valence-corrected chi connectivity index (χ4v) is 1.70. The smallest absolute Gasteiger partial charge is 0.223 e. The minimum Gasteiger partial charge on any atom is -0.394 e. The van der Waals surface area contributed by atoms with Gasteiger partial charge in [-0.25, -0.2) is 0 Å². The second-order valence-corrected chi connectivity index (χ2v) is 4.10. The molecule has 0 amide bonds. The molecule has 3 N–H and O–H groups in total. The number of nitrogens with two attached hydrogens (primary N) is 1. The van der Waals surface area contributed by atoms with Crippen LogP contribution in [0.2, 0.25) is 0 Å². The third-order valence-electron chi connectivity index (χ3n) is 2.37. The quantitative estimate of drug-likeness (QED) is 0.811. The highest BCUT2D eigenvalue weighted by atomic mass is 35.5. The maximum absolute atomic E-state index is 6.19.